The Balaban J connectivity index is 1.42. The van der Waals surface area contributed by atoms with Crippen molar-refractivity contribution in [2.75, 3.05) is 18.4 Å². The summed E-state index contributed by atoms with van der Waals surface area (Å²) in [6.45, 7) is 3.20. The molecule has 0 unspecified atom stereocenters. The van der Waals surface area contributed by atoms with Crippen LogP contribution in [-0.4, -0.2) is 44.2 Å². The fourth-order valence-corrected chi connectivity index (χ4v) is 3.18. The second-order valence-electron chi connectivity index (χ2n) is 6.44. The zero-order chi connectivity index (χ0) is 17.9. The second kappa shape index (κ2) is 6.95. The predicted molar refractivity (Wildman–Crippen MR) is 98.7 cm³/mol. The summed E-state index contributed by atoms with van der Waals surface area (Å²) in [5.74, 6) is 1.77. The Hall–Kier alpha value is -3.22. The summed E-state index contributed by atoms with van der Waals surface area (Å²) in [6, 6.07) is 13.5. The molecule has 0 saturated carbocycles. The fraction of sp³-hybridized carbons (Fsp3) is 0.263. The van der Waals surface area contributed by atoms with E-state index >= 15 is 0 Å². The third-order valence-electron chi connectivity index (χ3n) is 4.54. The Kier molecular flexibility index (Phi) is 4.35. The topological polar surface area (TPSA) is 86.8 Å². The number of nitrogens with one attached hydrogen (secondary N) is 2. The number of aromatic nitrogens is 4. The third kappa shape index (κ3) is 3.42. The number of hydrogen-bond acceptors (Lipinski definition) is 4. The van der Waals surface area contributed by atoms with Gasteiger partial charge in [0.1, 0.15) is 5.82 Å². The highest BCUT2D eigenvalue weighted by Crippen LogP contribution is 2.25. The number of carbonyl (C=O) groups is 1. The van der Waals surface area contributed by atoms with Gasteiger partial charge in [0.2, 0.25) is 0 Å². The quantitative estimate of drug-likeness (QED) is 0.761. The zero-order valence-corrected chi connectivity index (χ0v) is 14.5. The largest absolute Gasteiger partial charge is 0.324 e. The molecule has 1 aliphatic heterocycles. The normalized spacial score (nSPS) is 16.7. The van der Waals surface area contributed by atoms with Gasteiger partial charge in [-0.3, -0.25) is 10.1 Å². The number of amides is 2. The van der Waals surface area contributed by atoms with Crippen molar-refractivity contribution < 1.29 is 4.79 Å². The molecule has 2 N–H and O–H groups in total. The van der Waals surface area contributed by atoms with Crippen LogP contribution in [0.15, 0.2) is 48.7 Å². The minimum absolute atomic E-state index is 0.107. The van der Waals surface area contributed by atoms with Crippen molar-refractivity contribution in [3.8, 4) is 11.3 Å². The maximum atomic E-state index is 12.6. The van der Waals surface area contributed by atoms with Crippen molar-refractivity contribution in [2.24, 2.45) is 0 Å². The SMILES string of the molecule is Cc1nc([C@H]2CCN(C(=O)Nc3ccnc(-c4ccccc4)c3)C2)n[nH]1. The maximum Gasteiger partial charge on any atom is 0.321 e. The predicted octanol–water partition coefficient (Wildman–Crippen LogP) is 3.20. The van der Waals surface area contributed by atoms with Gasteiger partial charge in [-0.1, -0.05) is 30.3 Å². The number of benzene rings is 1. The van der Waals surface area contributed by atoms with Gasteiger partial charge in [0, 0.05) is 36.5 Å². The van der Waals surface area contributed by atoms with E-state index in [0.29, 0.717) is 13.1 Å². The molecule has 1 fully saturated rings. The first-order valence-electron chi connectivity index (χ1n) is 8.65. The summed E-state index contributed by atoms with van der Waals surface area (Å²) in [6.07, 6.45) is 2.58. The lowest BCUT2D eigenvalue weighted by Crippen LogP contribution is -2.32. The van der Waals surface area contributed by atoms with Crippen molar-refractivity contribution >= 4 is 11.7 Å². The van der Waals surface area contributed by atoms with Crippen LogP contribution in [0.4, 0.5) is 10.5 Å². The Bertz CT molecular complexity index is 907. The van der Waals surface area contributed by atoms with Gasteiger partial charge in [-0.15, -0.1) is 0 Å². The van der Waals surface area contributed by atoms with Gasteiger partial charge in [-0.05, 0) is 25.5 Å². The van der Waals surface area contributed by atoms with E-state index < -0.39 is 0 Å². The molecule has 1 aromatic carbocycles. The number of aryl methyl sites for hydroxylation is 1. The molecule has 0 spiro atoms. The number of carbonyl (C=O) groups excluding carboxylic acids is 1. The molecule has 4 rings (SSSR count). The molecule has 1 atom stereocenters. The highest BCUT2D eigenvalue weighted by atomic mass is 16.2. The monoisotopic (exact) mass is 348 g/mol. The van der Waals surface area contributed by atoms with Crippen LogP contribution >= 0.6 is 0 Å². The van der Waals surface area contributed by atoms with Gasteiger partial charge in [-0.2, -0.15) is 5.10 Å². The first-order valence-corrected chi connectivity index (χ1v) is 8.65. The summed E-state index contributed by atoms with van der Waals surface area (Å²) in [7, 11) is 0. The van der Waals surface area contributed by atoms with E-state index in [1.54, 1.807) is 17.2 Å². The van der Waals surface area contributed by atoms with Crippen LogP contribution in [0, 0.1) is 6.92 Å². The average Bonchev–Trinajstić information content (AvgIpc) is 3.32. The lowest BCUT2D eigenvalue weighted by Gasteiger charge is -2.17. The fourth-order valence-electron chi connectivity index (χ4n) is 3.18. The number of H-pyrrole nitrogens is 1. The Labute approximate surface area is 151 Å². The lowest BCUT2D eigenvalue weighted by atomic mass is 10.1. The van der Waals surface area contributed by atoms with E-state index in [9.17, 15) is 4.79 Å². The van der Waals surface area contributed by atoms with E-state index in [2.05, 4.69) is 25.5 Å². The van der Waals surface area contributed by atoms with Gasteiger partial charge in [-0.25, -0.2) is 9.78 Å². The van der Waals surface area contributed by atoms with Crippen LogP contribution in [0.1, 0.15) is 24.0 Å². The number of hydrogen-bond donors (Lipinski definition) is 2. The number of aromatic amines is 1. The van der Waals surface area contributed by atoms with Crippen molar-refractivity contribution in [3.63, 3.8) is 0 Å². The summed E-state index contributed by atoms with van der Waals surface area (Å²) >= 11 is 0. The molecule has 3 aromatic rings. The average molecular weight is 348 g/mol. The minimum atomic E-state index is -0.107. The Morgan fingerprint density at radius 2 is 2.12 bits per heavy atom. The van der Waals surface area contributed by atoms with Crippen molar-refractivity contribution in [1.82, 2.24) is 25.1 Å². The third-order valence-corrected chi connectivity index (χ3v) is 4.54. The van der Waals surface area contributed by atoms with E-state index in [4.69, 9.17) is 0 Å². The molecule has 3 heterocycles. The standard InChI is InChI=1S/C19H20N6O/c1-13-21-18(24-23-13)15-8-10-25(12-15)19(26)22-16-7-9-20-17(11-16)14-5-3-2-4-6-14/h2-7,9,11,15H,8,10,12H2,1H3,(H,20,22,26)(H,21,23,24)/t15-/m0/s1. The highest BCUT2D eigenvalue weighted by Gasteiger charge is 2.29. The number of pyridine rings is 1. The second-order valence-corrected chi connectivity index (χ2v) is 6.44. The van der Waals surface area contributed by atoms with Crippen LogP contribution in [0.25, 0.3) is 11.3 Å². The molecular weight excluding hydrogens is 328 g/mol. The summed E-state index contributed by atoms with van der Waals surface area (Å²) < 4.78 is 0. The van der Waals surface area contributed by atoms with Crippen molar-refractivity contribution in [3.05, 3.63) is 60.3 Å². The number of urea groups is 1. The molecule has 0 radical (unpaired) electrons. The van der Waals surface area contributed by atoms with Crippen LogP contribution in [0.2, 0.25) is 0 Å². The highest BCUT2D eigenvalue weighted by molar-refractivity contribution is 5.90. The van der Waals surface area contributed by atoms with Gasteiger partial charge >= 0.3 is 6.03 Å². The summed E-state index contributed by atoms with van der Waals surface area (Å²) in [5.41, 5.74) is 2.59. The van der Waals surface area contributed by atoms with Gasteiger partial charge in [0.15, 0.2) is 5.82 Å². The van der Waals surface area contributed by atoms with Gasteiger partial charge in [0.25, 0.3) is 0 Å². The molecule has 2 aromatic heterocycles. The molecule has 2 amide bonds. The Morgan fingerprint density at radius 3 is 2.88 bits per heavy atom. The van der Waals surface area contributed by atoms with Crippen molar-refractivity contribution in [1.29, 1.82) is 0 Å². The molecule has 132 valence electrons. The van der Waals surface area contributed by atoms with Gasteiger partial charge < -0.3 is 10.2 Å². The van der Waals surface area contributed by atoms with E-state index in [-0.39, 0.29) is 11.9 Å². The molecule has 7 nitrogen and oxygen atoms in total. The molecule has 1 aliphatic rings. The Morgan fingerprint density at radius 1 is 1.27 bits per heavy atom. The number of anilines is 1. The van der Waals surface area contributed by atoms with E-state index in [1.807, 2.05) is 43.3 Å². The zero-order valence-electron chi connectivity index (χ0n) is 14.5. The summed E-state index contributed by atoms with van der Waals surface area (Å²) in [5, 5.41) is 10.1. The molecule has 0 aliphatic carbocycles. The van der Waals surface area contributed by atoms with Crippen LogP contribution < -0.4 is 5.32 Å². The van der Waals surface area contributed by atoms with Crippen LogP contribution in [0.5, 0.6) is 0 Å². The van der Waals surface area contributed by atoms with Crippen LogP contribution in [-0.2, 0) is 0 Å². The molecule has 26 heavy (non-hydrogen) atoms. The molecular formula is C19H20N6O. The number of likely N-dealkylation sites (tertiary alicyclic amines) is 1. The number of nitrogens with zero attached hydrogens (tertiary/aromatic N) is 4. The van der Waals surface area contributed by atoms with Crippen molar-refractivity contribution in [2.45, 2.75) is 19.3 Å². The van der Waals surface area contributed by atoms with E-state index in [0.717, 1.165) is 35.0 Å². The summed E-state index contributed by atoms with van der Waals surface area (Å²) in [4.78, 5) is 23.2. The molecule has 1 saturated heterocycles. The lowest BCUT2D eigenvalue weighted by molar-refractivity contribution is 0.222. The minimum Gasteiger partial charge on any atom is -0.324 e. The first-order chi connectivity index (χ1) is 12.7. The molecule has 0 bridgehead atoms. The van der Waals surface area contributed by atoms with Gasteiger partial charge in [0.05, 0.1) is 5.69 Å². The maximum absolute atomic E-state index is 12.6. The molecule has 7 heteroatoms. The van der Waals surface area contributed by atoms with E-state index in [1.165, 1.54) is 0 Å². The smallest absolute Gasteiger partial charge is 0.321 e. The number of rotatable bonds is 3. The van der Waals surface area contributed by atoms with Crippen LogP contribution in [0.3, 0.4) is 0 Å². The first kappa shape index (κ1) is 16.3.